The van der Waals surface area contributed by atoms with E-state index < -0.39 is 5.97 Å². The van der Waals surface area contributed by atoms with Crippen LogP contribution in [-0.2, 0) is 4.79 Å². The molecule has 14 heavy (non-hydrogen) atoms. The van der Waals surface area contributed by atoms with Crippen molar-refractivity contribution in [1.82, 2.24) is 0 Å². The number of rotatable bonds is 3. The molecule has 0 fully saturated rings. The van der Waals surface area contributed by atoms with E-state index in [2.05, 4.69) is 0 Å². The van der Waals surface area contributed by atoms with Gasteiger partial charge in [-0.15, -0.1) is 0 Å². The van der Waals surface area contributed by atoms with Crippen molar-refractivity contribution in [3.63, 3.8) is 0 Å². The summed E-state index contributed by atoms with van der Waals surface area (Å²) in [6.45, 7) is 1.65. The molecule has 1 aromatic heterocycles. The highest BCUT2D eigenvalue weighted by atomic mass is 35.5. The molecule has 0 amide bonds. The molecule has 3 nitrogen and oxygen atoms in total. The molecule has 0 aromatic carbocycles. The van der Waals surface area contributed by atoms with E-state index in [4.69, 9.17) is 16.0 Å². The van der Waals surface area contributed by atoms with E-state index in [0.29, 0.717) is 16.6 Å². The first-order chi connectivity index (χ1) is 6.58. The van der Waals surface area contributed by atoms with Gasteiger partial charge in [0, 0.05) is 0 Å². The van der Waals surface area contributed by atoms with Gasteiger partial charge in [-0.1, -0.05) is 6.08 Å². The number of aliphatic carboxylic acids is 1. The summed E-state index contributed by atoms with van der Waals surface area (Å²) in [5.74, 6) is -0.647. The first kappa shape index (κ1) is 10.6. The van der Waals surface area contributed by atoms with Gasteiger partial charge < -0.3 is 14.3 Å². The summed E-state index contributed by atoms with van der Waals surface area (Å²) in [6.07, 6.45) is 4.23. The van der Waals surface area contributed by atoms with E-state index in [1.807, 2.05) is 0 Å². The first-order valence-corrected chi connectivity index (χ1v) is 4.28. The van der Waals surface area contributed by atoms with Crippen molar-refractivity contribution in [3.8, 4) is 0 Å². The van der Waals surface area contributed by atoms with Gasteiger partial charge in [-0.2, -0.15) is 0 Å². The molecule has 0 radical (unpaired) electrons. The number of carbonyl (C=O) groups is 1. The summed E-state index contributed by atoms with van der Waals surface area (Å²) in [5.41, 5.74) is 0.567. The number of halogens is 1. The molecule has 0 aliphatic carbocycles. The van der Waals surface area contributed by atoms with Crippen molar-refractivity contribution in [2.24, 2.45) is 0 Å². The van der Waals surface area contributed by atoms with Crippen LogP contribution in [0, 0.1) is 0 Å². The van der Waals surface area contributed by atoms with E-state index in [0.717, 1.165) is 6.08 Å². The van der Waals surface area contributed by atoms with Crippen molar-refractivity contribution in [3.05, 3.63) is 40.8 Å². The Labute approximate surface area is 86.3 Å². The van der Waals surface area contributed by atoms with Crippen molar-refractivity contribution < 1.29 is 14.3 Å². The number of carboxylic acid groups (broad SMARTS) is 1. The fourth-order valence-corrected chi connectivity index (χ4v) is 1.02. The fourth-order valence-electron chi connectivity index (χ4n) is 0.865. The topological polar surface area (TPSA) is 53.3 Å². The van der Waals surface area contributed by atoms with Crippen molar-refractivity contribution >= 4 is 23.6 Å². The van der Waals surface area contributed by atoms with Gasteiger partial charge in [0.1, 0.15) is 5.76 Å². The van der Waals surface area contributed by atoms with Gasteiger partial charge in [0.15, 0.2) is 5.22 Å². The first-order valence-electron chi connectivity index (χ1n) is 3.90. The van der Waals surface area contributed by atoms with Crippen LogP contribution in [0.15, 0.2) is 34.3 Å². The predicted molar refractivity (Wildman–Crippen MR) is 51.5 cm³/mol. The third-order valence-corrected chi connectivity index (χ3v) is 1.65. The van der Waals surface area contributed by atoms with Crippen molar-refractivity contribution in [1.29, 1.82) is 0 Å². The molecule has 1 rings (SSSR count). The Hall–Kier alpha value is -1.48. The maximum Gasteiger partial charge on any atom is 0.193 e. The van der Waals surface area contributed by atoms with Crippen LogP contribution in [0.3, 0.4) is 0 Å². The molecule has 0 unspecified atom stereocenters. The summed E-state index contributed by atoms with van der Waals surface area (Å²) in [4.78, 5) is 10.2. The Bertz CT molecular complexity index is 388. The van der Waals surface area contributed by atoms with Crippen LogP contribution in [0.1, 0.15) is 12.7 Å². The second-order valence-corrected chi connectivity index (χ2v) is 3.06. The zero-order valence-corrected chi connectivity index (χ0v) is 8.25. The molecule has 0 spiro atoms. The highest BCUT2D eigenvalue weighted by Gasteiger charge is 1.93. The van der Waals surface area contributed by atoms with Gasteiger partial charge in [-0.25, -0.2) is 0 Å². The Kier molecular flexibility index (Phi) is 3.54. The zero-order chi connectivity index (χ0) is 10.6. The molecule has 0 saturated heterocycles. The minimum Gasteiger partial charge on any atom is -0.545 e. The van der Waals surface area contributed by atoms with Crippen LogP contribution in [0.2, 0.25) is 5.22 Å². The second kappa shape index (κ2) is 4.67. The molecule has 74 valence electrons. The lowest BCUT2D eigenvalue weighted by atomic mass is 10.2. The van der Waals surface area contributed by atoms with Crippen molar-refractivity contribution in [2.45, 2.75) is 6.92 Å². The molecule has 0 aliphatic rings. The van der Waals surface area contributed by atoms with Gasteiger partial charge in [-0.3, -0.25) is 0 Å². The largest absolute Gasteiger partial charge is 0.545 e. The molecule has 0 saturated carbocycles. The lowest BCUT2D eigenvalue weighted by molar-refractivity contribution is -0.297. The zero-order valence-electron chi connectivity index (χ0n) is 7.49. The average molecular weight is 212 g/mol. The van der Waals surface area contributed by atoms with Gasteiger partial charge in [0.25, 0.3) is 0 Å². The smallest absolute Gasteiger partial charge is 0.193 e. The minimum absolute atomic E-state index is 0.297. The Morgan fingerprint density at radius 2 is 2.29 bits per heavy atom. The summed E-state index contributed by atoms with van der Waals surface area (Å²) in [5, 5.41) is 10.5. The summed E-state index contributed by atoms with van der Waals surface area (Å²) < 4.78 is 5.03. The van der Waals surface area contributed by atoms with Crippen LogP contribution >= 0.6 is 11.6 Å². The minimum atomic E-state index is -1.22. The summed E-state index contributed by atoms with van der Waals surface area (Å²) in [6, 6.07) is 3.30. The van der Waals surface area contributed by atoms with Crippen LogP contribution in [0.25, 0.3) is 6.08 Å². The van der Waals surface area contributed by atoms with Crippen LogP contribution in [0.5, 0.6) is 0 Å². The third-order valence-electron chi connectivity index (χ3n) is 1.45. The van der Waals surface area contributed by atoms with E-state index in [1.165, 1.54) is 0 Å². The van der Waals surface area contributed by atoms with E-state index in [-0.39, 0.29) is 0 Å². The van der Waals surface area contributed by atoms with Crippen molar-refractivity contribution in [2.75, 3.05) is 0 Å². The normalized spacial score (nSPS) is 12.3. The molecule has 1 heterocycles. The number of allylic oxidation sites excluding steroid dienone is 2. The fraction of sp³-hybridized carbons (Fsp3) is 0.100. The Morgan fingerprint density at radius 1 is 1.57 bits per heavy atom. The lowest BCUT2D eigenvalue weighted by Crippen LogP contribution is -2.19. The predicted octanol–water partition coefficient (Wildman–Crippen LogP) is 1.64. The van der Waals surface area contributed by atoms with Crippen LogP contribution < -0.4 is 5.11 Å². The SMILES string of the molecule is CC(=C/C(=O)[O-])/C=C/c1ccc(Cl)o1. The molecular formula is C10H8ClO3-. The standard InChI is InChI=1S/C10H9ClO3/c1-7(6-10(12)13)2-3-8-4-5-9(11)14-8/h2-6H,1H3,(H,12,13)/p-1/b3-2+,7-6-. The third kappa shape index (κ3) is 3.49. The van der Waals surface area contributed by atoms with Gasteiger partial charge in [-0.05, 0) is 48.4 Å². The second-order valence-electron chi connectivity index (χ2n) is 2.68. The number of carbonyl (C=O) groups excluding carboxylic acids is 1. The maximum absolute atomic E-state index is 10.2. The van der Waals surface area contributed by atoms with Crippen LogP contribution in [0.4, 0.5) is 0 Å². The number of hydrogen-bond donors (Lipinski definition) is 0. The lowest BCUT2D eigenvalue weighted by Gasteiger charge is -1.93. The molecule has 1 aromatic rings. The Balaban J connectivity index is 2.69. The van der Waals surface area contributed by atoms with Crippen LogP contribution in [-0.4, -0.2) is 5.97 Å². The molecule has 0 atom stereocenters. The highest BCUT2D eigenvalue weighted by molar-refractivity contribution is 6.28. The molecule has 0 bridgehead atoms. The van der Waals surface area contributed by atoms with Gasteiger partial charge in [0.05, 0.1) is 5.97 Å². The Morgan fingerprint density at radius 3 is 2.79 bits per heavy atom. The van der Waals surface area contributed by atoms with E-state index >= 15 is 0 Å². The molecule has 4 heteroatoms. The number of furan rings is 1. The quantitative estimate of drug-likeness (QED) is 0.564. The number of carboxylic acids is 1. The number of hydrogen-bond acceptors (Lipinski definition) is 3. The highest BCUT2D eigenvalue weighted by Crippen LogP contribution is 2.14. The molecular weight excluding hydrogens is 204 g/mol. The monoisotopic (exact) mass is 211 g/mol. The average Bonchev–Trinajstić information content (AvgIpc) is 2.47. The summed E-state index contributed by atoms with van der Waals surface area (Å²) in [7, 11) is 0. The maximum atomic E-state index is 10.2. The van der Waals surface area contributed by atoms with E-state index in [9.17, 15) is 9.90 Å². The van der Waals surface area contributed by atoms with Gasteiger partial charge >= 0.3 is 0 Å². The molecule has 0 N–H and O–H groups in total. The molecule has 0 aliphatic heterocycles. The van der Waals surface area contributed by atoms with Gasteiger partial charge in [0.2, 0.25) is 0 Å². The van der Waals surface area contributed by atoms with E-state index in [1.54, 1.807) is 31.2 Å². The summed E-state index contributed by atoms with van der Waals surface area (Å²) >= 11 is 5.54.